The van der Waals surface area contributed by atoms with Gasteiger partial charge in [-0.1, -0.05) is 19.8 Å². The molecule has 1 saturated carbocycles. The Kier molecular flexibility index (Phi) is 4.56. The van der Waals surface area contributed by atoms with Crippen molar-refractivity contribution < 1.29 is 5.11 Å². The molecule has 0 saturated heterocycles. The first-order valence-electron chi connectivity index (χ1n) is 6.06. The fourth-order valence-corrected chi connectivity index (χ4v) is 2.69. The van der Waals surface area contributed by atoms with Gasteiger partial charge in [0, 0.05) is 18.1 Å². The van der Waals surface area contributed by atoms with Crippen LogP contribution in [0.4, 0.5) is 0 Å². The zero-order chi connectivity index (χ0) is 11.5. The van der Waals surface area contributed by atoms with E-state index >= 15 is 0 Å². The van der Waals surface area contributed by atoms with Crippen LogP contribution in [0.25, 0.3) is 0 Å². The van der Waals surface area contributed by atoms with E-state index in [-0.39, 0.29) is 6.61 Å². The number of rotatable bonds is 4. The van der Waals surface area contributed by atoms with Crippen molar-refractivity contribution >= 4 is 0 Å². The van der Waals surface area contributed by atoms with Crippen LogP contribution in [0.2, 0.25) is 0 Å². The smallest absolute Gasteiger partial charge is 0.0621 e. The molecule has 0 amide bonds. The highest BCUT2D eigenvalue weighted by Crippen LogP contribution is 2.27. The Balaban J connectivity index is 2.48. The molecule has 1 rings (SSSR count). The summed E-state index contributed by atoms with van der Waals surface area (Å²) in [6.07, 6.45) is 5.31. The summed E-state index contributed by atoms with van der Waals surface area (Å²) in [6, 6.07) is 0.646. The van der Waals surface area contributed by atoms with Gasteiger partial charge < -0.3 is 15.7 Å². The highest BCUT2D eigenvalue weighted by molar-refractivity contribution is 4.86. The van der Waals surface area contributed by atoms with E-state index in [0.29, 0.717) is 6.04 Å². The number of nitrogens with zero attached hydrogens (tertiary/aromatic N) is 1. The molecule has 90 valence electrons. The van der Waals surface area contributed by atoms with E-state index in [1.165, 1.54) is 25.7 Å². The highest BCUT2D eigenvalue weighted by Gasteiger charge is 2.28. The minimum absolute atomic E-state index is 0.0540. The predicted molar refractivity (Wildman–Crippen MR) is 63.7 cm³/mol. The lowest BCUT2D eigenvalue weighted by molar-refractivity contribution is 0.0935. The van der Waals surface area contributed by atoms with Gasteiger partial charge >= 0.3 is 0 Å². The first-order valence-corrected chi connectivity index (χ1v) is 6.06. The van der Waals surface area contributed by atoms with E-state index in [1.807, 2.05) is 6.92 Å². The van der Waals surface area contributed by atoms with E-state index in [4.69, 9.17) is 10.8 Å². The number of hydrogen-bond donors (Lipinski definition) is 2. The molecule has 0 bridgehead atoms. The number of likely N-dealkylation sites (N-methyl/N-ethyl adjacent to an activating group) is 1. The Hall–Kier alpha value is -0.120. The van der Waals surface area contributed by atoms with Crippen molar-refractivity contribution in [2.24, 2.45) is 11.7 Å². The molecule has 0 spiro atoms. The van der Waals surface area contributed by atoms with Crippen LogP contribution >= 0.6 is 0 Å². The average Bonchev–Trinajstić information content (AvgIpc) is 2.17. The topological polar surface area (TPSA) is 49.5 Å². The Bertz CT molecular complexity index is 194. The molecule has 3 nitrogen and oxygen atoms in total. The number of aliphatic hydroxyl groups excluding tert-OH is 1. The monoisotopic (exact) mass is 214 g/mol. The van der Waals surface area contributed by atoms with Crippen molar-refractivity contribution in [1.82, 2.24) is 4.90 Å². The molecule has 1 fully saturated rings. The van der Waals surface area contributed by atoms with Crippen molar-refractivity contribution in [2.45, 2.75) is 51.1 Å². The second-order valence-corrected chi connectivity index (χ2v) is 5.56. The standard InChI is InChI=1S/C12H26N2O/c1-10-6-4-5-7-11(10)14(3)8-12(2,13)9-15/h10-11,15H,4-9,13H2,1-3H3. The maximum absolute atomic E-state index is 9.16. The normalized spacial score (nSPS) is 31.6. The molecule has 15 heavy (non-hydrogen) atoms. The Morgan fingerprint density at radius 1 is 1.40 bits per heavy atom. The second kappa shape index (κ2) is 5.28. The first kappa shape index (κ1) is 12.9. The molecule has 3 heteroatoms. The van der Waals surface area contributed by atoms with Gasteiger partial charge in [-0.05, 0) is 32.7 Å². The maximum Gasteiger partial charge on any atom is 0.0621 e. The lowest BCUT2D eigenvalue weighted by atomic mass is 9.84. The summed E-state index contributed by atoms with van der Waals surface area (Å²) in [6.45, 7) is 5.07. The van der Waals surface area contributed by atoms with E-state index in [0.717, 1.165) is 12.5 Å². The molecule has 0 aromatic rings. The van der Waals surface area contributed by atoms with E-state index in [9.17, 15) is 0 Å². The Morgan fingerprint density at radius 2 is 2.00 bits per heavy atom. The van der Waals surface area contributed by atoms with Crippen LogP contribution in [0.1, 0.15) is 39.5 Å². The van der Waals surface area contributed by atoms with Crippen LogP contribution < -0.4 is 5.73 Å². The zero-order valence-corrected chi connectivity index (χ0v) is 10.4. The molecule has 1 aliphatic rings. The fourth-order valence-electron chi connectivity index (χ4n) is 2.69. The SMILES string of the molecule is CC1CCCCC1N(C)CC(C)(N)CO. The van der Waals surface area contributed by atoms with Gasteiger partial charge in [-0.25, -0.2) is 0 Å². The molecule has 3 N–H and O–H groups in total. The number of hydrogen-bond acceptors (Lipinski definition) is 3. The quantitative estimate of drug-likeness (QED) is 0.739. The molecule has 3 atom stereocenters. The zero-order valence-electron chi connectivity index (χ0n) is 10.4. The van der Waals surface area contributed by atoms with E-state index in [1.54, 1.807) is 0 Å². The molecule has 0 heterocycles. The predicted octanol–water partition coefficient (Wildman–Crippen LogP) is 1.21. The summed E-state index contributed by atoms with van der Waals surface area (Å²) in [5.74, 6) is 0.762. The second-order valence-electron chi connectivity index (χ2n) is 5.56. The fraction of sp³-hybridized carbons (Fsp3) is 1.00. The summed E-state index contributed by atoms with van der Waals surface area (Å²) in [5.41, 5.74) is 5.51. The summed E-state index contributed by atoms with van der Waals surface area (Å²) >= 11 is 0. The molecule has 0 aromatic carbocycles. The molecule has 3 unspecified atom stereocenters. The summed E-state index contributed by atoms with van der Waals surface area (Å²) in [5, 5.41) is 9.16. The number of aliphatic hydroxyl groups is 1. The van der Waals surface area contributed by atoms with Gasteiger partial charge in [0.05, 0.1) is 6.61 Å². The summed E-state index contributed by atoms with van der Waals surface area (Å²) < 4.78 is 0. The molecule has 0 aromatic heterocycles. The van der Waals surface area contributed by atoms with Crippen molar-refractivity contribution in [2.75, 3.05) is 20.2 Å². The maximum atomic E-state index is 9.16. The third-order valence-corrected chi connectivity index (χ3v) is 3.60. The Morgan fingerprint density at radius 3 is 2.53 bits per heavy atom. The number of nitrogens with two attached hydrogens (primary N) is 1. The van der Waals surface area contributed by atoms with E-state index in [2.05, 4.69) is 18.9 Å². The van der Waals surface area contributed by atoms with Crippen molar-refractivity contribution in [3.63, 3.8) is 0 Å². The highest BCUT2D eigenvalue weighted by atomic mass is 16.3. The molecule has 0 radical (unpaired) electrons. The third-order valence-electron chi connectivity index (χ3n) is 3.60. The van der Waals surface area contributed by atoms with Crippen LogP contribution in [0.3, 0.4) is 0 Å². The largest absolute Gasteiger partial charge is 0.394 e. The van der Waals surface area contributed by atoms with Crippen molar-refractivity contribution in [3.05, 3.63) is 0 Å². The summed E-state index contributed by atoms with van der Waals surface area (Å²) in [7, 11) is 2.13. The van der Waals surface area contributed by atoms with Gasteiger partial charge in [-0.2, -0.15) is 0 Å². The summed E-state index contributed by atoms with van der Waals surface area (Å²) in [4.78, 5) is 2.33. The molecule has 1 aliphatic carbocycles. The lowest BCUT2D eigenvalue weighted by Crippen LogP contribution is -2.53. The average molecular weight is 214 g/mol. The minimum atomic E-state index is -0.466. The van der Waals surface area contributed by atoms with Crippen LogP contribution in [-0.4, -0.2) is 41.8 Å². The van der Waals surface area contributed by atoms with Crippen LogP contribution in [-0.2, 0) is 0 Å². The van der Waals surface area contributed by atoms with Gasteiger partial charge in [-0.3, -0.25) is 0 Å². The van der Waals surface area contributed by atoms with Gasteiger partial charge in [0.1, 0.15) is 0 Å². The van der Waals surface area contributed by atoms with Crippen LogP contribution in [0.15, 0.2) is 0 Å². The van der Waals surface area contributed by atoms with Gasteiger partial charge in [0.15, 0.2) is 0 Å². The first-order chi connectivity index (χ1) is 6.96. The van der Waals surface area contributed by atoms with Gasteiger partial charge in [0.25, 0.3) is 0 Å². The third kappa shape index (κ3) is 3.74. The van der Waals surface area contributed by atoms with Crippen molar-refractivity contribution in [1.29, 1.82) is 0 Å². The van der Waals surface area contributed by atoms with Crippen molar-refractivity contribution in [3.8, 4) is 0 Å². The Labute approximate surface area is 93.6 Å². The van der Waals surface area contributed by atoms with Gasteiger partial charge in [-0.15, -0.1) is 0 Å². The van der Waals surface area contributed by atoms with E-state index < -0.39 is 5.54 Å². The van der Waals surface area contributed by atoms with Crippen LogP contribution in [0.5, 0.6) is 0 Å². The lowest BCUT2D eigenvalue weighted by Gasteiger charge is -2.39. The molecular formula is C12H26N2O. The molecular weight excluding hydrogens is 188 g/mol. The van der Waals surface area contributed by atoms with Gasteiger partial charge in [0.2, 0.25) is 0 Å². The minimum Gasteiger partial charge on any atom is -0.394 e. The van der Waals surface area contributed by atoms with Crippen LogP contribution in [0, 0.1) is 5.92 Å². The molecule has 0 aliphatic heterocycles.